The van der Waals surface area contributed by atoms with Gasteiger partial charge < -0.3 is 15.0 Å². The first-order valence-corrected chi connectivity index (χ1v) is 13.9. The Morgan fingerprint density at radius 1 is 1.21 bits per heavy atom. The summed E-state index contributed by atoms with van der Waals surface area (Å²) >= 11 is 1.17. The number of rotatable bonds is 7. The highest BCUT2D eigenvalue weighted by atomic mass is 32.1. The molecule has 3 aromatic heterocycles. The van der Waals surface area contributed by atoms with Gasteiger partial charge in [0.25, 0.3) is 5.91 Å². The number of nitrogens with zero attached hydrogens (tertiary/aromatic N) is 5. The standard InChI is InChI=1S/C28H23F4N7O3S/c1-14-18(16-4-2-15(3-5-16)10-34-27(41)42)9-20(28(30,31)32)19-12-39(37-22(14)19)24(25(40)36-26-33-6-7-43-26)23-21-8-17(29)11-38(21)13-35-23/h2-7,9,12-13,17,24,34H,8,10-11H2,1H3,(H,41,42)(H,33,36,40). The molecule has 222 valence electrons. The number of anilines is 1. The maximum atomic E-state index is 14.5. The molecular formula is C28H23F4N7O3S. The van der Waals surface area contributed by atoms with Gasteiger partial charge in [0.15, 0.2) is 11.2 Å². The van der Waals surface area contributed by atoms with Crippen LogP contribution in [0.5, 0.6) is 0 Å². The van der Waals surface area contributed by atoms with Crippen molar-refractivity contribution < 1.29 is 32.3 Å². The minimum atomic E-state index is -4.75. The molecule has 2 aromatic carbocycles. The summed E-state index contributed by atoms with van der Waals surface area (Å²) in [5.41, 5.74) is 1.57. The molecule has 0 fully saturated rings. The minimum Gasteiger partial charge on any atom is -0.465 e. The van der Waals surface area contributed by atoms with E-state index in [0.29, 0.717) is 22.4 Å². The molecule has 2 amide bonds. The van der Waals surface area contributed by atoms with Gasteiger partial charge in [-0.15, -0.1) is 11.3 Å². The number of alkyl halides is 4. The molecule has 15 heteroatoms. The molecule has 2 unspecified atom stereocenters. The van der Waals surface area contributed by atoms with Crippen molar-refractivity contribution in [3.8, 4) is 11.1 Å². The molecule has 3 N–H and O–H groups in total. The average molecular weight is 614 g/mol. The first kappa shape index (κ1) is 28.3. The Kier molecular flexibility index (Phi) is 7.12. The Balaban J connectivity index is 1.48. The number of hydrogen-bond acceptors (Lipinski definition) is 6. The Morgan fingerprint density at radius 2 is 1.98 bits per heavy atom. The van der Waals surface area contributed by atoms with Gasteiger partial charge in [-0.3, -0.25) is 14.8 Å². The van der Waals surface area contributed by atoms with Crippen LogP contribution in [-0.4, -0.2) is 47.6 Å². The quantitative estimate of drug-likeness (QED) is 0.206. The van der Waals surface area contributed by atoms with Gasteiger partial charge in [-0.05, 0) is 35.2 Å². The van der Waals surface area contributed by atoms with Crippen molar-refractivity contribution in [2.45, 2.75) is 44.8 Å². The van der Waals surface area contributed by atoms with E-state index in [4.69, 9.17) is 5.11 Å². The van der Waals surface area contributed by atoms with E-state index < -0.39 is 36.0 Å². The zero-order chi connectivity index (χ0) is 30.5. The van der Waals surface area contributed by atoms with Crippen LogP contribution in [0.25, 0.3) is 22.0 Å². The van der Waals surface area contributed by atoms with E-state index in [1.54, 1.807) is 41.1 Å². The number of benzene rings is 2. The number of hydrogen-bond donors (Lipinski definition) is 3. The number of aryl methyl sites for hydroxylation is 1. The van der Waals surface area contributed by atoms with Crippen LogP contribution in [0.2, 0.25) is 0 Å². The molecule has 5 aromatic rings. The van der Waals surface area contributed by atoms with Crippen molar-refractivity contribution in [3.05, 3.63) is 82.5 Å². The van der Waals surface area contributed by atoms with Gasteiger partial charge in [-0.25, -0.2) is 19.2 Å². The fourth-order valence-electron chi connectivity index (χ4n) is 5.32. The van der Waals surface area contributed by atoms with Crippen molar-refractivity contribution in [2.24, 2.45) is 0 Å². The SMILES string of the molecule is Cc1c(-c2ccc(CNC(=O)O)cc2)cc(C(F)(F)F)c2cn(C(C(=O)Nc3nccs3)c3ncn4c3CC(F)C4)nc12. The summed E-state index contributed by atoms with van der Waals surface area (Å²) in [7, 11) is 0. The summed E-state index contributed by atoms with van der Waals surface area (Å²) in [5.74, 6) is -0.636. The highest BCUT2D eigenvalue weighted by Gasteiger charge is 2.38. The molecule has 10 nitrogen and oxygen atoms in total. The molecule has 43 heavy (non-hydrogen) atoms. The highest BCUT2D eigenvalue weighted by molar-refractivity contribution is 7.13. The van der Waals surface area contributed by atoms with E-state index in [-0.39, 0.29) is 46.8 Å². The lowest BCUT2D eigenvalue weighted by molar-refractivity contribution is -0.136. The van der Waals surface area contributed by atoms with E-state index >= 15 is 0 Å². The van der Waals surface area contributed by atoms with Crippen molar-refractivity contribution in [1.29, 1.82) is 0 Å². The summed E-state index contributed by atoms with van der Waals surface area (Å²) < 4.78 is 60.4. The van der Waals surface area contributed by atoms with Crippen molar-refractivity contribution in [1.82, 2.24) is 29.6 Å². The largest absolute Gasteiger partial charge is 0.465 e. The number of carbonyl (C=O) groups excluding carboxylic acids is 1. The number of carboxylic acid groups (broad SMARTS) is 1. The second-order valence-electron chi connectivity index (χ2n) is 10.1. The molecule has 0 saturated heterocycles. The van der Waals surface area contributed by atoms with Crippen LogP contribution >= 0.6 is 11.3 Å². The minimum absolute atomic E-state index is 0.00606. The van der Waals surface area contributed by atoms with Crippen LogP contribution in [0, 0.1) is 6.92 Å². The number of thiazole rings is 1. The van der Waals surface area contributed by atoms with Crippen molar-refractivity contribution in [2.75, 3.05) is 5.32 Å². The van der Waals surface area contributed by atoms with E-state index in [9.17, 15) is 27.2 Å². The molecule has 1 aliphatic heterocycles. The number of amides is 2. The monoisotopic (exact) mass is 613 g/mol. The summed E-state index contributed by atoms with van der Waals surface area (Å²) in [6.45, 7) is 1.75. The first-order chi connectivity index (χ1) is 20.5. The molecule has 1 aliphatic rings. The van der Waals surface area contributed by atoms with E-state index in [1.807, 2.05) is 0 Å². The normalized spacial score (nSPS) is 15.4. The zero-order valence-electron chi connectivity index (χ0n) is 22.4. The van der Waals surface area contributed by atoms with Gasteiger partial charge in [0.05, 0.1) is 29.6 Å². The van der Waals surface area contributed by atoms with Crippen molar-refractivity contribution in [3.63, 3.8) is 0 Å². The first-order valence-electron chi connectivity index (χ1n) is 13.0. The third-order valence-electron chi connectivity index (χ3n) is 7.31. The third-order valence-corrected chi connectivity index (χ3v) is 8.00. The van der Waals surface area contributed by atoms with Gasteiger partial charge in [0, 0.05) is 41.8 Å². The van der Waals surface area contributed by atoms with Crippen LogP contribution in [0.1, 0.15) is 34.1 Å². The second-order valence-corrected chi connectivity index (χ2v) is 11.0. The van der Waals surface area contributed by atoms with E-state index in [1.165, 1.54) is 30.1 Å². The van der Waals surface area contributed by atoms with E-state index in [0.717, 1.165) is 10.7 Å². The lowest BCUT2D eigenvalue weighted by Gasteiger charge is -2.16. The number of fused-ring (bicyclic) bond motifs is 2. The zero-order valence-corrected chi connectivity index (χ0v) is 23.2. The molecule has 0 saturated carbocycles. The summed E-state index contributed by atoms with van der Waals surface area (Å²) in [6, 6.07) is 6.20. The third kappa shape index (κ3) is 5.43. The molecule has 4 heterocycles. The Bertz CT molecular complexity index is 1830. The lowest BCUT2D eigenvalue weighted by atomic mass is 9.94. The smallest absolute Gasteiger partial charge is 0.417 e. The molecule has 6 rings (SSSR count). The van der Waals surface area contributed by atoms with E-state index in [2.05, 4.69) is 25.7 Å². The van der Waals surface area contributed by atoms with Gasteiger partial charge in [-0.2, -0.15) is 18.3 Å². The predicted molar refractivity (Wildman–Crippen MR) is 149 cm³/mol. The highest BCUT2D eigenvalue weighted by Crippen LogP contribution is 2.41. The molecular weight excluding hydrogens is 590 g/mol. The maximum absolute atomic E-state index is 14.5. The van der Waals surface area contributed by atoms with Crippen molar-refractivity contribution >= 4 is 39.4 Å². The van der Waals surface area contributed by atoms with Gasteiger partial charge in [0.2, 0.25) is 0 Å². The molecule has 0 aliphatic carbocycles. The number of imidazole rings is 1. The summed E-state index contributed by atoms with van der Waals surface area (Å²) in [6.07, 6.45) is -3.03. The molecule has 2 atom stereocenters. The van der Waals surface area contributed by atoms with Crippen LogP contribution in [0.15, 0.2) is 54.4 Å². The van der Waals surface area contributed by atoms with Crippen LogP contribution in [-0.2, 0) is 30.5 Å². The lowest BCUT2D eigenvalue weighted by Crippen LogP contribution is -2.28. The molecule has 0 spiro atoms. The number of carbonyl (C=O) groups is 2. The number of nitrogens with one attached hydrogen (secondary N) is 2. The summed E-state index contributed by atoms with van der Waals surface area (Å²) in [5, 5.41) is 20.0. The molecule has 0 bridgehead atoms. The average Bonchev–Trinajstić information content (AvgIpc) is 3.74. The summed E-state index contributed by atoms with van der Waals surface area (Å²) in [4.78, 5) is 32.9. The topological polar surface area (TPSA) is 127 Å². The number of halogens is 4. The predicted octanol–water partition coefficient (Wildman–Crippen LogP) is 5.57. The van der Waals surface area contributed by atoms with Gasteiger partial charge in [0.1, 0.15) is 6.17 Å². The number of aromatic nitrogens is 5. The second kappa shape index (κ2) is 10.8. The Hall–Kier alpha value is -4.79. The van der Waals surface area contributed by atoms with Crippen LogP contribution < -0.4 is 10.6 Å². The fourth-order valence-corrected chi connectivity index (χ4v) is 5.85. The Morgan fingerprint density at radius 3 is 2.65 bits per heavy atom. The molecule has 0 radical (unpaired) electrons. The van der Waals surface area contributed by atoms with Crippen LogP contribution in [0.4, 0.5) is 27.5 Å². The van der Waals surface area contributed by atoms with Gasteiger partial charge in [-0.1, -0.05) is 24.3 Å². The maximum Gasteiger partial charge on any atom is 0.417 e. The van der Waals surface area contributed by atoms with Gasteiger partial charge >= 0.3 is 12.3 Å². The fraction of sp³-hybridized carbons (Fsp3) is 0.250. The Labute approximate surface area is 245 Å². The van der Waals surface area contributed by atoms with Crippen LogP contribution in [0.3, 0.4) is 0 Å².